The van der Waals surface area contributed by atoms with Crippen LogP contribution in [0.5, 0.6) is 0 Å². The Balaban J connectivity index is 2.28. The highest BCUT2D eigenvalue weighted by Crippen LogP contribution is 2.21. The highest BCUT2D eigenvalue weighted by Gasteiger charge is 2.02. The van der Waals surface area contributed by atoms with E-state index in [4.69, 9.17) is 0 Å². The summed E-state index contributed by atoms with van der Waals surface area (Å²) in [4.78, 5) is 2.43. The van der Waals surface area contributed by atoms with Crippen molar-refractivity contribution in [3.8, 4) is 0 Å². The minimum atomic E-state index is 1.04. The van der Waals surface area contributed by atoms with Crippen LogP contribution in [0.4, 0.5) is 0 Å². The SMILES string of the molecule is CCN(CC)Cc1ccc2cc(Br)ccc2c1. The summed E-state index contributed by atoms with van der Waals surface area (Å²) in [6, 6.07) is 13.2. The maximum atomic E-state index is 3.51. The lowest BCUT2D eigenvalue weighted by atomic mass is 10.1. The first-order valence-electron chi connectivity index (χ1n) is 6.13. The highest BCUT2D eigenvalue weighted by atomic mass is 79.9. The molecule has 0 N–H and O–H groups in total. The van der Waals surface area contributed by atoms with Gasteiger partial charge in [0, 0.05) is 11.0 Å². The van der Waals surface area contributed by atoms with E-state index in [0.29, 0.717) is 0 Å². The van der Waals surface area contributed by atoms with E-state index in [2.05, 4.69) is 71.1 Å². The molecule has 17 heavy (non-hydrogen) atoms. The van der Waals surface area contributed by atoms with Crippen molar-refractivity contribution < 1.29 is 0 Å². The minimum Gasteiger partial charge on any atom is -0.300 e. The van der Waals surface area contributed by atoms with E-state index < -0.39 is 0 Å². The maximum absolute atomic E-state index is 3.51. The smallest absolute Gasteiger partial charge is 0.0233 e. The van der Waals surface area contributed by atoms with Crippen LogP contribution >= 0.6 is 15.9 Å². The summed E-state index contributed by atoms with van der Waals surface area (Å²) >= 11 is 3.51. The van der Waals surface area contributed by atoms with Crippen LogP contribution in [0.15, 0.2) is 40.9 Å². The van der Waals surface area contributed by atoms with Gasteiger partial charge in [0.15, 0.2) is 0 Å². The van der Waals surface area contributed by atoms with Gasteiger partial charge in [-0.3, -0.25) is 4.90 Å². The van der Waals surface area contributed by atoms with Gasteiger partial charge in [0.05, 0.1) is 0 Å². The molecule has 0 aromatic heterocycles. The molecule has 2 aromatic carbocycles. The van der Waals surface area contributed by atoms with Crippen molar-refractivity contribution in [3.63, 3.8) is 0 Å². The first-order valence-corrected chi connectivity index (χ1v) is 6.92. The van der Waals surface area contributed by atoms with E-state index in [-0.39, 0.29) is 0 Å². The van der Waals surface area contributed by atoms with E-state index >= 15 is 0 Å². The number of benzene rings is 2. The molecule has 2 heteroatoms. The Morgan fingerprint density at radius 2 is 1.59 bits per heavy atom. The molecule has 0 radical (unpaired) electrons. The molecule has 0 saturated carbocycles. The molecule has 0 aliphatic rings. The number of fused-ring (bicyclic) bond motifs is 1. The lowest BCUT2D eigenvalue weighted by Gasteiger charge is -2.18. The maximum Gasteiger partial charge on any atom is 0.0233 e. The molecule has 0 amide bonds. The quantitative estimate of drug-likeness (QED) is 0.805. The molecular formula is C15H18BrN. The van der Waals surface area contributed by atoms with Gasteiger partial charge in [-0.1, -0.05) is 48.0 Å². The molecule has 1 nitrogen and oxygen atoms in total. The molecule has 0 saturated heterocycles. The zero-order valence-electron chi connectivity index (χ0n) is 10.4. The van der Waals surface area contributed by atoms with Gasteiger partial charge in [0.2, 0.25) is 0 Å². The van der Waals surface area contributed by atoms with Gasteiger partial charge >= 0.3 is 0 Å². The molecular weight excluding hydrogens is 274 g/mol. The fourth-order valence-corrected chi connectivity index (χ4v) is 2.45. The van der Waals surface area contributed by atoms with Crippen LogP contribution in [0.1, 0.15) is 19.4 Å². The molecule has 0 aliphatic carbocycles. The number of hydrogen-bond donors (Lipinski definition) is 0. The Bertz CT molecular complexity index is 503. The van der Waals surface area contributed by atoms with Crippen molar-refractivity contribution in [2.45, 2.75) is 20.4 Å². The first kappa shape index (κ1) is 12.6. The zero-order valence-corrected chi connectivity index (χ0v) is 12.0. The molecule has 0 heterocycles. The van der Waals surface area contributed by atoms with Crippen molar-refractivity contribution in [3.05, 3.63) is 46.4 Å². The summed E-state index contributed by atoms with van der Waals surface area (Å²) < 4.78 is 1.14. The van der Waals surface area contributed by atoms with Gasteiger partial charge in [-0.05, 0) is 47.6 Å². The van der Waals surface area contributed by atoms with Crippen LogP contribution in [0.3, 0.4) is 0 Å². The van der Waals surface area contributed by atoms with Crippen molar-refractivity contribution in [2.24, 2.45) is 0 Å². The monoisotopic (exact) mass is 291 g/mol. The van der Waals surface area contributed by atoms with E-state index in [0.717, 1.165) is 24.1 Å². The summed E-state index contributed by atoms with van der Waals surface area (Å²) in [5, 5.41) is 2.61. The molecule has 0 bridgehead atoms. The largest absolute Gasteiger partial charge is 0.300 e. The van der Waals surface area contributed by atoms with E-state index in [1.54, 1.807) is 0 Å². The van der Waals surface area contributed by atoms with E-state index in [1.807, 2.05) is 0 Å². The first-order chi connectivity index (χ1) is 8.22. The van der Waals surface area contributed by atoms with Crippen LogP contribution in [-0.4, -0.2) is 18.0 Å². The van der Waals surface area contributed by atoms with Crippen LogP contribution in [0.25, 0.3) is 10.8 Å². The molecule has 0 atom stereocenters. The second-order valence-electron chi connectivity index (χ2n) is 4.29. The van der Waals surface area contributed by atoms with Crippen molar-refractivity contribution >= 4 is 26.7 Å². The van der Waals surface area contributed by atoms with Crippen molar-refractivity contribution in [1.82, 2.24) is 4.90 Å². The highest BCUT2D eigenvalue weighted by molar-refractivity contribution is 9.10. The van der Waals surface area contributed by atoms with Crippen LogP contribution in [0, 0.1) is 0 Å². The zero-order chi connectivity index (χ0) is 12.3. The Morgan fingerprint density at radius 1 is 0.941 bits per heavy atom. The Kier molecular flexibility index (Phi) is 4.19. The minimum absolute atomic E-state index is 1.04. The molecule has 2 aromatic rings. The third kappa shape index (κ3) is 3.08. The third-order valence-corrected chi connectivity index (χ3v) is 3.66. The van der Waals surface area contributed by atoms with Crippen LogP contribution < -0.4 is 0 Å². The van der Waals surface area contributed by atoms with Gasteiger partial charge < -0.3 is 0 Å². The molecule has 2 rings (SSSR count). The molecule has 0 aliphatic heterocycles. The normalized spacial score (nSPS) is 11.3. The van der Waals surface area contributed by atoms with Crippen LogP contribution in [0.2, 0.25) is 0 Å². The fourth-order valence-electron chi connectivity index (χ4n) is 2.07. The second kappa shape index (κ2) is 5.65. The Labute approximate surface area is 112 Å². The topological polar surface area (TPSA) is 3.24 Å². The van der Waals surface area contributed by atoms with Gasteiger partial charge in [-0.25, -0.2) is 0 Å². The molecule has 0 fully saturated rings. The summed E-state index contributed by atoms with van der Waals surface area (Å²) in [6.45, 7) is 7.67. The Morgan fingerprint density at radius 3 is 2.29 bits per heavy atom. The fraction of sp³-hybridized carbons (Fsp3) is 0.333. The summed E-state index contributed by atoms with van der Waals surface area (Å²) in [7, 11) is 0. The lowest BCUT2D eigenvalue weighted by molar-refractivity contribution is 0.296. The average Bonchev–Trinajstić information content (AvgIpc) is 2.36. The van der Waals surface area contributed by atoms with Gasteiger partial charge in [0.1, 0.15) is 0 Å². The second-order valence-corrected chi connectivity index (χ2v) is 5.20. The van der Waals surface area contributed by atoms with E-state index in [1.165, 1.54) is 16.3 Å². The Hall–Kier alpha value is -0.860. The van der Waals surface area contributed by atoms with Crippen LogP contribution in [-0.2, 0) is 6.54 Å². The van der Waals surface area contributed by atoms with Gasteiger partial charge in [-0.2, -0.15) is 0 Å². The molecule has 0 spiro atoms. The lowest BCUT2D eigenvalue weighted by Crippen LogP contribution is -2.21. The number of rotatable bonds is 4. The number of hydrogen-bond acceptors (Lipinski definition) is 1. The standard InChI is InChI=1S/C15H18BrN/c1-3-17(4-2)11-12-5-6-14-10-15(16)8-7-13(14)9-12/h5-10H,3-4,11H2,1-2H3. The van der Waals surface area contributed by atoms with Crippen molar-refractivity contribution in [1.29, 1.82) is 0 Å². The summed E-state index contributed by atoms with van der Waals surface area (Å²) in [5.74, 6) is 0. The predicted molar refractivity (Wildman–Crippen MR) is 78.3 cm³/mol. The molecule has 0 unspecified atom stereocenters. The molecule has 90 valence electrons. The summed E-state index contributed by atoms with van der Waals surface area (Å²) in [6.07, 6.45) is 0. The third-order valence-electron chi connectivity index (χ3n) is 3.17. The average molecular weight is 292 g/mol. The number of nitrogens with zero attached hydrogens (tertiary/aromatic N) is 1. The van der Waals surface area contributed by atoms with Gasteiger partial charge in [-0.15, -0.1) is 0 Å². The van der Waals surface area contributed by atoms with E-state index in [9.17, 15) is 0 Å². The predicted octanol–water partition coefficient (Wildman–Crippen LogP) is 4.44. The summed E-state index contributed by atoms with van der Waals surface area (Å²) in [5.41, 5.74) is 1.39. The van der Waals surface area contributed by atoms with Gasteiger partial charge in [0.25, 0.3) is 0 Å². The van der Waals surface area contributed by atoms with Crippen molar-refractivity contribution in [2.75, 3.05) is 13.1 Å². The number of halogens is 1.